The van der Waals surface area contributed by atoms with Crippen molar-refractivity contribution >= 4 is 0 Å². The van der Waals surface area contributed by atoms with Crippen LogP contribution in [0, 0.1) is 20.8 Å². The first-order valence-electron chi connectivity index (χ1n) is 12.3. The lowest BCUT2D eigenvalue weighted by atomic mass is 9.73. The Kier molecular flexibility index (Phi) is 6.11. The highest BCUT2D eigenvalue weighted by molar-refractivity contribution is 5.85. The smallest absolute Gasteiger partial charge is 0.0435 e. The average Bonchev–Trinajstić information content (AvgIpc) is 2.98. The van der Waals surface area contributed by atoms with Gasteiger partial charge in [-0.1, -0.05) is 80.8 Å². The largest absolute Gasteiger partial charge is 0.0654 e. The average molecular weight is 411 g/mol. The van der Waals surface area contributed by atoms with Gasteiger partial charge in [0.15, 0.2) is 0 Å². The summed E-state index contributed by atoms with van der Waals surface area (Å²) in [5.74, 6) is 0. The SMILES string of the molecule is CCCCc1cc2c(cc1C)C(C)(c1cccc(C)c1)c1cc(C)c(CCCC)cc1-2. The van der Waals surface area contributed by atoms with E-state index in [1.54, 1.807) is 0 Å². The molecule has 0 radical (unpaired) electrons. The van der Waals surface area contributed by atoms with Gasteiger partial charge in [0.05, 0.1) is 0 Å². The molecule has 0 saturated carbocycles. The van der Waals surface area contributed by atoms with Crippen molar-refractivity contribution in [3.05, 3.63) is 93.0 Å². The maximum atomic E-state index is 2.53. The lowest BCUT2D eigenvalue weighted by Gasteiger charge is -2.29. The molecule has 31 heavy (non-hydrogen) atoms. The lowest BCUT2D eigenvalue weighted by Crippen LogP contribution is -2.23. The Morgan fingerprint density at radius 1 is 0.677 bits per heavy atom. The van der Waals surface area contributed by atoms with Crippen LogP contribution in [0.25, 0.3) is 11.1 Å². The van der Waals surface area contributed by atoms with Gasteiger partial charge in [-0.05, 0) is 103 Å². The number of unbranched alkanes of at least 4 members (excludes halogenated alkanes) is 2. The van der Waals surface area contributed by atoms with Gasteiger partial charge in [0.2, 0.25) is 0 Å². The molecule has 0 aromatic heterocycles. The number of aryl methyl sites for hydroxylation is 5. The summed E-state index contributed by atoms with van der Waals surface area (Å²) in [6.45, 7) is 13.8. The van der Waals surface area contributed by atoms with Crippen LogP contribution in [0.4, 0.5) is 0 Å². The molecular formula is C31H38. The van der Waals surface area contributed by atoms with E-state index >= 15 is 0 Å². The summed E-state index contributed by atoms with van der Waals surface area (Å²) in [5.41, 5.74) is 14.5. The van der Waals surface area contributed by atoms with Crippen molar-refractivity contribution in [3.63, 3.8) is 0 Å². The molecule has 0 N–H and O–H groups in total. The molecule has 1 aliphatic carbocycles. The predicted octanol–water partition coefficient (Wildman–Crippen LogP) is 8.63. The molecular weight excluding hydrogens is 372 g/mol. The van der Waals surface area contributed by atoms with E-state index in [9.17, 15) is 0 Å². The van der Waals surface area contributed by atoms with E-state index in [4.69, 9.17) is 0 Å². The number of hydrogen-bond donors (Lipinski definition) is 0. The van der Waals surface area contributed by atoms with Crippen molar-refractivity contribution in [2.45, 2.75) is 85.5 Å². The molecule has 0 aliphatic heterocycles. The highest BCUT2D eigenvalue weighted by atomic mass is 14.4. The van der Waals surface area contributed by atoms with Crippen LogP contribution in [0.15, 0.2) is 48.5 Å². The number of hydrogen-bond acceptors (Lipinski definition) is 0. The number of benzene rings is 3. The fraction of sp³-hybridized carbons (Fsp3) is 0.419. The molecule has 0 bridgehead atoms. The topological polar surface area (TPSA) is 0 Å². The molecule has 4 rings (SSSR count). The second kappa shape index (κ2) is 8.65. The Bertz CT molecular complexity index is 1040. The molecule has 0 unspecified atom stereocenters. The molecule has 0 atom stereocenters. The quantitative estimate of drug-likeness (QED) is 0.365. The van der Waals surface area contributed by atoms with Gasteiger partial charge in [0, 0.05) is 5.41 Å². The third-order valence-corrected chi connectivity index (χ3v) is 7.51. The first kappa shape index (κ1) is 21.9. The van der Waals surface area contributed by atoms with Gasteiger partial charge in [-0.3, -0.25) is 0 Å². The number of rotatable bonds is 7. The van der Waals surface area contributed by atoms with Gasteiger partial charge in [0.1, 0.15) is 0 Å². The van der Waals surface area contributed by atoms with E-state index in [0.29, 0.717) is 0 Å². The summed E-state index contributed by atoms with van der Waals surface area (Å²) in [6.07, 6.45) is 7.37. The molecule has 0 saturated heterocycles. The van der Waals surface area contributed by atoms with Gasteiger partial charge < -0.3 is 0 Å². The molecule has 3 aromatic carbocycles. The molecule has 0 heterocycles. The third-order valence-electron chi connectivity index (χ3n) is 7.51. The Labute approximate surface area is 189 Å². The Hall–Kier alpha value is -2.34. The van der Waals surface area contributed by atoms with Crippen LogP contribution in [0.2, 0.25) is 0 Å². The van der Waals surface area contributed by atoms with Crippen LogP contribution in [0.3, 0.4) is 0 Å². The van der Waals surface area contributed by atoms with Crippen molar-refractivity contribution in [2.75, 3.05) is 0 Å². The second-order valence-electron chi connectivity index (χ2n) is 9.85. The van der Waals surface area contributed by atoms with E-state index in [1.165, 1.54) is 94.2 Å². The zero-order chi connectivity index (χ0) is 22.2. The minimum absolute atomic E-state index is 0.0984. The van der Waals surface area contributed by atoms with Crippen molar-refractivity contribution in [1.29, 1.82) is 0 Å². The van der Waals surface area contributed by atoms with Crippen molar-refractivity contribution in [3.8, 4) is 11.1 Å². The minimum Gasteiger partial charge on any atom is -0.0654 e. The van der Waals surface area contributed by atoms with Crippen LogP contribution >= 0.6 is 0 Å². The van der Waals surface area contributed by atoms with E-state index in [-0.39, 0.29) is 5.41 Å². The summed E-state index contributed by atoms with van der Waals surface area (Å²) >= 11 is 0. The summed E-state index contributed by atoms with van der Waals surface area (Å²) < 4.78 is 0. The normalized spacial score (nSPS) is 13.9. The summed E-state index contributed by atoms with van der Waals surface area (Å²) in [6, 6.07) is 19.2. The first-order valence-corrected chi connectivity index (χ1v) is 12.3. The van der Waals surface area contributed by atoms with E-state index in [0.717, 1.165) is 0 Å². The summed E-state index contributed by atoms with van der Waals surface area (Å²) in [7, 11) is 0. The van der Waals surface area contributed by atoms with Crippen LogP contribution in [0.1, 0.15) is 91.0 Å². The summed E-state index contributed by atoms with van der Waals surface area (Å²) in [4.78, 5) is 0. The third kappa shape index (κ3) is 3.75. The second-order valence-corrected chi connectivity index (χ2v) is 9.85. The Morgan fingerprint density at radius 3 is 1.65 bits per heavy atom. The van der Waals surface area contributed by atoms with Crippen LogP contribution in [-0.2, 0) is 18.3 Å². The standard InChI is InChI=1S/C31H38/c1-7-9-13-24-19-27-28-20-25(14-10-8-2)23(5)18-30(28)31(6,29(27)17-22(24)4)26-15-11-12-21(3)16-26/h11-12,15-20H,7-10,13-14H2,1-6H3. The van der Waals surface area contributed by atoms with E-state index < -0.39 is 0 Å². The molecule has 3 aromatic rings. The van der Waals surface area contributed by atoms with Crippen LogP contribution in [0.5, 0.6) is 0 Å². The monoisotopic (exact) mass is 410 g/mol. The van der Waals surface area contributed by atoms with Gasteiger partial charge >= 0.3 is 0 Å². The molecule has 0 heteroatoms. The fourth-order valence-electron chi connectivity index (χ4n) is 5.46. The highest BCUT2D eigenvalue weighted by Gasteiger charge is 2.41. The maximum Gasteiger partial charge on any atom is 0.0435 e. The molecule has 0 fully saturated rings. The number of fused-ring (bicyclic) bond motifs is 3. The molecule has 162 valence electrons. The van der Waals surface area contributed by atoms with Crippen molar-refractivity contribution in [2.24, 2.45) is 0 Å². The molecule has 0 nitrogen and oxygen atoms in total. The van der Waals surface area contributed by atoms with Gasteiger partial charge in [0.25, 0.3) is 0 Å². The van der Waals surface area contributed by atoms with E-state index in [1.807, 2.05) is 0 Å². The van der Waals surface area contributed by atoms with E-state index in [2.05, 4.69) is 90.1 Å². The first-order chi connectivity index (χ1) is 14.9. The molecule has 0 amide bonds. The fourth-order valence-corrected chi connectivity index (χ4v) is 5.46. The zero-order valence-corrected chi connectivity index (χ0v) is 20.4. The Balaban J connectivity index is 1.98. The van der Waals surface area contributed by atoms with Gasteiger partial charge in [-0.2, -0.15) is 0 Å². The Morgan fingerprint density at radius 2 is 1.19 bits per heavy atom. The van der Waals surface area contributed by atoms with Crippen molar-refractivity contribution < 1.29 is 0 Å². The predicted molar refractivity (Wildman–Crippen MR) is 135 cm³/mol. The van der Waals surface area contributed by atoms with Crippen LogP contribution < -0.4 is 0 Å². The molecule has 0 spiro atoms. The maximum absolute atomic E-state index is 2.53. The van der Waals surface area contributed by atoms with Crippen molar-refractivity contribution in [1.82, 2.24) is 0 Å². The van der Waals surface area contributed by atoms with Crippen LogP contribution in [-0.4, -0.2) is 0 Å². The zero-order valence-electron chi connectivity index (χ0n) is 20.4. The minimum atomic E-state index is -0.0984. The molecule has 1 aliphatic rings. The lowest BCUT2D eigenvalue weighted by molar-refractivity contribution is 0.708. The van der Waals surface area contributed by atoms with Gasteiger partial charge in [-0.15, -0.1) is 0 Å². The summed E-state index contributed by atoms with van der Waals surface area (Å²) in [5, 5.41) is 0. The highest BCUT2D eigenvalue weighted by Crippen LogP contribution is 2.53. The van der Waals surface area contributed by atoms with Gasteiger partial charge in [-0.25, -0.2) is 0 Å².